The molecule has 0 aliphatic carbocycles. The second kappa shape index (κ2) is 10.7. The molecule has 1 aromatic heterocycles. The van der Waals surface area contributed by atoms with Gasteiger partial charge in [-0.25, -0.2) is 23.1 Å². The fourth-order valence-corrected chi connectivity index (χ4v) is 3.26. The molecule has 5 nitrogen and oxygen atoms in total. The van der Waals surface area contributed by atoms with Gasteiger partial charge in [0.2, 0.25) is 5.95 Å². The highest BCUT2D eigenvalue weighted by molar-refractivity contribution is 6.30. The van der Waals surface area contributed by atoms with Gasteiger partial charge in [-0.3, -0.25) is 15.6 Å². The summed E-state index contributed by atoms with van der Waals surface area (Å²) in [6, 6.07) is 3.30. The van der Waals surface area contributed by atoms with Crippen LogP contribution in [0.1, 0.15) is 33.0 Å². The van der Waals surface area contributed by atoms with E-state index in [4.69, 9.17) is 11.6 Å². The Morgan fingerprint density at radius 2 is 1.65 bits per heavy atom. The second-order valence-electron chi connectivity index (χ2n) is 7.24. The lowest BCUT2D eigenvalue weighted by Gasteiger charge is -2.19. The monoisotopic (exact) mass is 554 g/mol. The maximum atomic E-state index is 14.8. The molecule has 1 unspecified atom stereocenters. The van der Waals surface area contributed by atoms with Crippen molar-refractivity contribution in [1.29, 1.82) is 0 Å². The van der Waals surface area contributed by atoms with Crippen LogP contribution in [0.25, 0.3) is 5.83 Å². The first-order valence-corrected chi connectivity index (χ1v) is 10.2. The maximum absolute atomic E-state index is 14.8. The third kappa shape index (κ3) is 6.70. The molecule has 0 radical (unpaired) electrons. The molecule has 15 heteroatoms. The van der Waals surface area contributed by atoms with Crippen LogP contribution in [0.2, 0.25) is 5.02 Å². The zero-order valence-corrected chi connectivity index (χ0v) is 18.6. The van der Waals surface area contributed by atoms with Crippen molar-refractivity contribution in [3.8, 4) is 0 Å². The highest BCUT2D eigenvalue weighted by Crippen LogP contribution is 2.41. The molecule has 1 heterocycles. The highest BCUT2D eigenvalue weighted by Gasteiger charge is 2.41. The van der Waals surface area contributed by atoms with E-state index in [2.05, 4.69) is 15.4 Å². The summed E-state index contributed by atoms with van der Waals surface area (Å²) >= 11 is 5.38. The Kier molecular flexibility index (Phi) is 8.00. The molecule has 3 rings (SSSR count). The minimum atomic E-state index is -5.26. The summed E-state index contributed by atoms with van der Waals surface area (Å²) in [5.74, 6) is -9.54. The van der Waals surface area contributed by atoms with Crippen molar-refractivity contribution in [2.24, 2.45) is 0 Å². The summed E-state index contributed by atoms with van der Waals surface area (Å²) < 4.78 is 123. The Hall–Kier alpha value is -3.81. The lowest BCUT2D eigenvalue weighted by molar-refractivity contribution is -0.140. The Balaban J connectivity index is 1.99. The van der Waals surface area contributed by atoms with Crippen molar-refractivity contribution in [3.63, 3.8) is 0 Å². The van der Waals surface area contributed by atoms with E-state index in [1.165, 1.54) is 18.5 Å². The number of nitrogens with zero attached hydrogens (tertiary/aromatic N) is 2. The van der Waals surface area contributed by atoms with Crippen molar-refractivity contribution < 1.29 is 44.3 Å². The van der Waals surface area contributed by atoms with Gasteiger partial charge in [0, 0.05) is 18.0 Å². The lowest BCUT2D eigenvalue weighted by Crippen LogP contribution is -2.32. The zero-order chi connectivity index (χ0) is 27.5. The Labute approximate surface area is 207 Å². The fraction of sp³-hybridized carbons (Fsp3) is 0.136. The predicted molar refractivity (Wildman–Crippen MR) is 114 cm³/mol. The number of halogens is 10. The molecule has 0 bridgehead atoms. The molecular weight excluding hydrogens is 543 g/mol. The van der Waals surface area contributed by atoms with E-state index in [0.717, 1.165) is 0 Å². The third-order valence-corrected chi connectivity index (χ3v) is 5.00. The lowest BCUT2D eigenvalue weighted by atomic mass is 9.95. The largest absolute Gasteiger partial charge is 0.417 e. The average Bonchev–Trinajstić information content (AvgIpc) is 2.83. The van der Waals surface area contributed by atoms with Crippen molar-refractivity contribution in [2.75, 3.05) is 5.43 Å². The van der Waals surface area contributed by atoms with E-state index >= 15 is 0 Å². The average molecular weight is 555 g/mol. The van der Waals surface area contributed by atoms with E-state index in [0.29, 0.717) is 18.2 Å². The summed E-state index contributed by atoms with van der Waals surface area (Å²) in [6.45, 7) is 0. The zero-order valence-electron chi connectivity index (χ0n) is 17.9. The van der Waals surface area contributed by atoms with E-state index in [1.54, 1.807) is 0 Å². The van der Waals surface area contributed by atoms with Gasteiger partial charge in [-0.05, 0) is 42.0 Å². The Morgan fingerprint density at radius 1 is 1.00 bits per heavy atom. The minimum Gasteiger partial charge on any atom is -0.267 e. The smallest absolute Gasteiger partial charge is 0.267 e. The van der Waals surface area contributed by atoms with Crippen molar-refractivity contribution in [1.82, 2.24) is 15.4 Å². The van der Waals surface area contributed by atoms with Gasteiger partial charge in [-0.15, -0.1) is 0 Å². The number of amides is 1. The van der Waals surface area contributed by atoms with E-state index in [9.17, 15) is 44.3 Å². The van der Waals surface area contributed by atoms with Crippen LogP contribution in [0.3, 0.4) is 0 Å². The number of nitrogens with one attached hydrogen (secondary N) is 2. The van der Waals surface area contributed by atoms with Gasteiger partial charge in [0.05, 0.1) is 16.1 Å². The van der Waals surface area contributed by atoms with Crippen LogP contribution in [0.4, 0.5) is 45.5 Å². The first kappa shape index (κ1) is 27.8. The van der Waals surface area contributed by atoms with Crippen LogP contribution in [-0.4, -0.2) is 22.1 Å². The molecular formula is C22H12ClF9N4O. The molecule has 0 saturated carbocycles. The number of anilines is 1. The number of carbonyl (C=O) groups excluding carboxylic acids is 1. The van der Waals surface area contributed by atoms with Gasteiger partial charge in [0.25, 0.3) is 5.91 Å². The molecule has 2 aromatic carbocycles. The van der Waals surface area contributed by atoms with E-state index in [-0.39, 0.29) is 24.2 Å². The summed E-state index contributed by atoms with van der Waals surface area (Å²) in [6.07, 6.45) is -8.05. The molecule has 1 atom stereocenters. The van der Waals surface area contributed by atoms with Crippen molar-refractivity contribution in [2.45, 2.75) is 18.3 Å². The first-order valence-electron chi connectivity index (χ1n) is 9.82. The van der Waals surface area contributed by atoms with Crippen molar-refractivity contribution in [3.05, 3.63) is 93.8 Å². The maximum Gasteiger partial charge on any atom is 0.417 e. The second-order valence-corrected chi connectivity index (χ2v) is 7.65. The van der Waals surface area contributed by atoms with Crippen molar-refractivity contribution >= 4 is 29.3 Å². The first-order chi connectivity index (χ1) is 17.2. The predicted octanol–water partition coefficient (Wildman–Crippen LogP) is 6.84. The molecule has 0 fully saturated rings. The normalized spacial score (nSPS) is 13.3. The molecule has 37 heavy (non-hydrogen) atoms. The number of alkyl halides is 6. The van der Waals surface area contributed by atoms with Crippen LogP contribution >= 0.6 is 11.6 Å². The van der Waals surface area contributed by atoms with Crippen LogP contribution in [-0.2, 0) is 6.18 Å². The summed E-state index contributed by atoms with van der Waals surface area (Å²) in [4.78, 5) is 19.6. The third-order valence-electron chi connectivity index (χ3n) is 4.73. The molecule has 2 N–H and O–H groups in total. The molecule has 1 amide bonds. The number of allylic oxidation sites excluding steroid dienone is 1. The molecule has 196 valence electrons. The van der Waals surface area contributed by atoms with Crippen LogP contribution in [0.5, 0.6) is 0 Å². The standard InChI is InChI=1S/C22H12ClF9N4O/c23-15-7-11(8-17(25)18(15)26)13(21(27,28)29)9-16(24)10-2-3-12(14(6-10)22(30,31)32)19(37)35-36-20-33-4-1-5-34-20/h1-9,13H,(H,35,37)(H,33,34,36). The van der Waals surface area contributed by atoms with Crippen LogP contribution in [0.15, 0.2) is 54.9 Å². The number of benzene rings is 2. The number of rotatable bonds is 6. The van der Waals surface area contributed by atoms with E-state index in [1.807, 2.05) is 5.43 Å². The minimum absolute atomic E-state index is 0.119. The quantitative estimate of drug-likeness (QED) is 0.199. The fourth-order valence-electron chi connectivity index (χ4n) is 3.05. The van der Waals surface area contributed by atoms with Gasteiger partial charge in [0.15, 0.2) is 11.6 Å². The molecule has 0 saturated heterocycles. The van der Waals surface area contributed by atoms with Crippen LogP contribution < -0.4 is 10.9 Å². The van der Waals surface area contributed by atoms with Crippen LogP contribution in [0, 0.1) is 11.6 Å². The Bertz CT molecular complexity index is 1300. The molecule has 0 spiro atoms. The SMILES string of the molecule is O=C(NNc1ncccn1)c1ccc(C(F)=CC(c2cc(F)c(F)c(Cl)c2)C(F)(F)F)cc1C(F)(F)F. The molecule has 3 aromatic rings. The number of carbonyl (C=O) groups is 1. The summed E-state index contributed by atoms with van der Waals surface area (Å²) in [7, 11) is 0. The van der Waals surface area contributed by atoms with Gasteiger partial charge < -0.3 is 0 Å². The number of hydrogen-bond acceptors (Lipinski definition) is 4. The molecule has 0 aliphatic heterocycles. The van der Waals surface area contributed by atoms with Gasteiger partial charge in [0.1, 0.15) is 11.7 Å². The summed E-state index contributed by atoms with van der Waals surface area (Å²) in [5, 5.41) is -1.01. The Morgan fingerprint density at radius 3 is 2.22 bits per heavy atom. The van der Waals surface area contributed by atoms with Gasteiger partial charge in [-0.2, -0.15) is 26.3 Å². The number of hydrogen-bond donors (Lipinski definition) is 2. The number of hydrazine groups is 1. The summed E-state index contributed by atoms with van der Waals surface area (Å²) in [5.41, 5.74) is -0.537. The molecule has 0 aliphatic rings. The van der Waals surface area contributed by atoms with Gasteiger partial charge in [-0.1, -0.05) is 17.7 Å². The van der Waals surface area contributed by atoms with E-state index < -0.39 is 68.9 Å². The topological polar surface area (TPSA) is 66.9 Å². The van der Waals surface area contributed by atoms with Gasteiger partial charge >= 0.3 is 12.4 Å². The number of aromatic nitrogens is 2. The highest BCUT2D eigenvalue weighted by atomic mass is 35.5.